The smallest absolute Gasteiger partial charge is 0.126 e. The topological polar surface area (TPSA) is 29.9 Å². The first-order valence-electron chi connectivity index (χ1n) is 5.77. The van der Waals surface area contributed by atoms with Crippen molar-refractivity contribution in [3.05, 3.63) is 30.1 Å². The lowest BCUT2D eigenvalue weighted by Crippen LogP contribution is -2.27. The van der Waals surface area contributed by atoms with E-state index in [0.29, 0.717) is 6.04 Å². The fourth-order valence-corrected chi connectivity index (χ4v) is 2.13. The van der Waals surface area contributed by atoms with Crippen molar-refractivity contribution < 1.29 is 0 Å². The first-order valence-corrected chi connectivity index (χ1v) is 5.77. The van der Waals surface area contributed by atoms with E-state index in [0.717, 1.165) is 11.3 Å². The van der Waals surface area contributed by atoms with Crippen molar-refractivity contribution in [1.29, 1.82) is 0 Å². The van der Waals surface area contributed by atoms with Crippen LogP contribution < -0.4 is 5.32 Å². The number of aromatic nitrogens is 2. The van der Waals surface area contributed by atoms with Crippen LogP contribution in [0.15, 0.2) is 24.3 Å². The zero-order valence-corrected chi connectivity index (χ0v) is 10.4. The molecule has 0 bridgehead atoms. The minimum Gasteiger partial charge on any atom is -0.330 e. The number of rotatable bonds is 3. The summed E-state index contributed by atoms with van der Waals surface area (Å²) in [6.07, 6.45) is 0. The first kappa shape index (κ1) is 11.1. The zero-order valence-electron chi connectivity index (χ0n) is 10.4. The van der Waals surface area contributed by atoms with E-state index in [2.05, 4.69) is 54.8 Å². The number of benzene rings is 1. The predicted octanol–water partition coefficient (Wildman–Crippen LogP) is 2.63. The van der Waals surface area contributed by atoms with E-state index in [1.165, 1.54) is 5.52 Å². The molecule has 1 N–H and O–H groups in total. The van der Waals surface area contributed by atoms with Crippen molar-refractivity contribution in [3.63, 3.8) is 0 Å². The summed E-state index contributed by atoms with van der Waals surface area (Å²) in [4.78, 5) is 4.67. The summed E-state index contributed by atoms with van der Waals surface area (Å²) in [6.45, 7) is 6.46. The number of nitrogens with zero attached hydrogens (tertiary/aromatic N) is 2. The Bertz CT molecular complexity index is 485. The fourth-order valence-electron chi connectivity index (χ4n) is 2.13. The van der Waals surface area contributed by atoms with E-state index in [4.69, 9.17) is 0 Å². The molecule has 0 saturated heterocycles. The summed E-state index contributed by atoms with van der Waals surface area (Å²) in [7, 11) is 2.07. The van der Waals surface area contributed by atoms with Gasteiger partial charge in [0.05, 0.1) is 17.1 Å². The molecular weight excluding hydrogens is 198 g/mol. The summed E-state index contributed by atoms with van der Waals surface area (Å²) in [5, 5.41) is 3.48. The first-order chi connectivity index (χ1) is 7.59. The molecule has 0 aliphatic carbocycles. The minimum absolute atomic E-state index is 0.275. The van der Waals surface area contributed by atoms with Gasteiger partial charge in [-0.2, -0.15) is 0 Å². The lowest BCUT2D eigenvalue weighted by Gasteiger charge is -2.16. The lowest BCUT2D eigenvalue weighted by atomic mass is 10.2. The number of hydrogen-bond donors (Lipinski definition) is 1. The number of imidazole rings is 1. The maximum atomic E-state index is 4.67. The third-order valence-corrected chi connectivity index (χ3v) is 2.79. The molecule has 1 unspecified atom stereocenters. The largest absolute Gasteiger partial charge is 0.330 e. The number of nitrogens with one attached hydrogen (secondary N) is 1. The second-order valence-corrected chi connectivity index (χ2v) is 4.56. The lowest BCUT2D eigenvalue weighted by molar-refractivity contribution is 0.479. The average Bonchev–Trinajstić information content (AvgIpc) is 2.56. The second-order valence-electron chi connectivity index (χ2n) is 4.56. The van der Waals surface area contributed by atoms with Crippen LogP contribution in [0.3, 0.4) is 0 Å². The third-order valence-electron chi connectivity index (χ3n) is 2.79. The molecule has 1 aromatic carbocycles. The SMILES string of the molecule is CC(C)NC(C)c1nc2ccccc2n1C. The van der Waals surface area contributed by atoms with E-state index < -0.39 is 0 Å². The molecule has 3 nitrogen and oxygen atoms in total. The number of para-hydroxylation sites is 2. The monoisotopic (exact) mass is 217 g/mol. The van der Waals surface area contributed by atoms with E-state index >= 15 is 0 Å². The Hall–Kier alpha value is -1.35. The van der Waals surface area contributed by atoms with Gasteiger partial charge in [0.2, 0.25) is 0 Å². The fraction of sp³-hybridized carbons (Fsp3) is 0.462. The molecule has 0 fully saturated rings. The average molecular weight is 217 g/mol. The van der Waals surface area contributed by atoms with E-state index in [1.807, 2.05) is 12.1 Å². The second kappa shape index (κ2) is 4.26. The van der Waals surface area contributed by atoms with Crippen molar-refractivity contribution in [2.24, 2.45) is 7.05 Å². The van der Waals surface area contributed by atoms with Crippen LogP contribution in [0.2, 0.25) is 0 Å². The highest BCUT2D eigenvalue weighted by Crippen LogP contribution is 2.19. The predicted molar refractivity (Wildman–Crippen MR) is 67.4 cm³/mol. The maximum Gasteiger partial charge on any atom is 0.126 e. The molecule has 1 heterocycles. The van der Waals surface area contributed by atoms with Gasteiger partial charge in [0, 0.05) is 13.1 Å². The summed E-state index contributed by atoms with van der Waals surface area (Å²) < 4.78 is 2.16. The zero-order chi connectivity index (χ0) is 11.7. The summed E-state index contributed by atoms with van der Waals surface area (Å²) in [5.41, 5.74) is 2.26. The van der Waals surface area contributed by atoms with Crippen LogP contribution in [-0.4, -0.2) is 15.6 Å². The van der Waals surface area contributed by atoms with Gasteiger partial charge in [-0.25, -0.2) is 4.98 Å². The standard InChI is InChI=1S/C13H19N3/c1-9(2)14-10(3)13-15-11-7-5-6-8-12(11)16(13)4/h5-10,14H,1-4H3. The minimum atomic E-state index is 0.275. The molecule has 0 amide bonds. The van der Waals surface area contributed by atoms with E-state index in [1.54, 1.807) is 0 Å². The highest BCUT2D eigenvalue weighted by molar-refractivity contribution is 5.75. The molecule has 2 aromatic rings. The van der Waals surface area contributed by atoms with Gasteiger partial charge in [0.15, 0.2) is 0 Å². The normalized spacial score (nSPS) is 13.6. The Kier molecular flexibility index (Phi) is 2.97. The molecule has 0 spiro atoms. The van der Waals surface area contributed by atoms with Crippen LogP contribution in [0.1, 0.15) is 32.6 Å². The molecule has 1 atom stereocenters. The number of hydrogen-bond acceptors (Lipinski definition) is 2. The molecule has 2 rings (SSSR count). The molecule has 86 valence electrons. The van der Waals surface area contributed by atoms with Gasteiger partial charge in [0.25, 0.3) is 0 Å². The number of aryl methyl sites for hydroxylation is 1. The Labute approximate surface area is 96.5 Å². The van der Waals surface area contributed by atoms with E-state index in [9.17, 15) is 0 Å². The van der Waals surface area contributed by atoms with Crippen molar-refractivity contribution in [2.45, 2.75) is 32.9 Å². The van der Waals surface area contributed by atoms with Gasteiger partial charge in [-0.3, -0.25) is 0 Å². The Morgan fingerprint density at radius 3 is 2.50 bits per heavy atom. The van der Waals surface area contributed by atoms with Crippen molar-refractivity contribution >= 4 is 11.0 Å². The highest BCUT2D eigenvalue weighted by Gasteiger charge is 2.14. The quantitative estimate of drug-likeness (QED) is 0.856. The van der Waals surface area contributed by atoms with Crippen LogP contribution in [0.5, 0.6) is 0 Å². The van der Waals surface area contributed by atoms with Crippen LogP contribution in [0.25, 0.3) is 11.0 Å². The highest BCUT2D eigenvalue weighted by atomic mass is 15.1. The Morgan fingerprint density at radius 1 is 1.19 bits per heavy atom. The van der Waals surface area contributed by atoms with Gasteiger partial charge in [-0.1, -0.05) is 26.0 Å². The van der Waals surface area contributed by atoms with Crippen LogP contribution in [-0.2, 0) is 7.05 Å². The number of fused-ring (bicyclic) bond motifs is 1. The van der Waals surface area contributed by atoms with Crippen molar-refractivity contribution in [1.82, 2.24) is 14.9 Å². The molecule has 3 heteroatoms. The van der Waals surface area contributed by atoms with Gasteiger partial charge in [-0.15, -0.1) is 0 Å². The van der Waals surface area contributed by atoms with Crippen LogP contribution in [0.4, 0.5) is 0 Å². The molecule has 0 aliphatic heterocycles. The Balaban J connectivity index is 2.41. The third kappa shape index (κ3) is 1.95. The van der Waals surface area contributed by atoms with Gasteiger partial charge >= 0.3 is 0 Å². The Morgan fingerprint density at radius 2 is 1.88 bits per heavy atom. The molecule has 16 heavy (non-hydrogen) atoms. The van der Waals surface area contributed by atoms with E-state index in [-0.39, 0.29) is 6.04 Å². The van der Waals surface area contributed by atoms with Gasteiger partial charge < -0.3 is 9.88 Å². The van der Waals surface area contributed by atoms with Crippen molar-refractivity contribution in [2.75, 3.05) is 0 Å². The molecular formula is C13H19N3. The van der Waals surface area contributed by atoms with Gasteiger partial charge in [0.1, 0.15) is 5.82 Å². The summed E-state index contributed by atoms with van der Waals surface area (Å²) in [6, 6.07) is 8.98. The molecule has 0 saturated carbocycles. The van der Waals surface area contributed by atoms with Gasteiger partial charge in [-0.05, 0) is 19.1 Å². The maximum absolute atomic E-state index is 4.67. The van der Waals surface area contributed by atoms with Crippen molar-refractivity contribution in [3.8, 4) is 0 Å². The molecule has 0 radical (unpaired) electrons. The molecule has 0 aliphatic rings. The summed E-state index contributed by atoms with van der Waals surface area (Å²) in [5.74, 6) is 1.09. The van der Waals surface area contributed by atoms with Crippen LogP contribution >= 0.6 is 0 Å². The van der Waals surface area contributed by atoms with Crippen LogP contribution in [0, 0.1) is 0 Å². The summed E-state index contributed by atoms with van der Waals surface area (Å²) >= 11 is 0. The molecule has 1 aromatic heterocycles.